The van der Waals surface area contributed by atoms with Crippen LogP contribution < -0.4 is 4.90 Å². The van der Waals surface area contributed by atoms with Gasteiger partial charge in [0, 0.05) is 31.4 Å². The SMILES string of the molecule is CN1Cc2cc(N3CCOC(C(O)C(=O)OC(C)(C)C)C3=O)ccc2C1=O. The Bertz CT molecular complexity index is 785. The molecule has 0 radical (unpaired) electrons. The number of anilines is 1. The molecule has 1 fully saturated rings. The van der Waals surface area contributed by atoms with Crippen LogP contribution in [0.2, 0.25) is 0 Å². The smallest absolute Gasteiger partial charge is 0.338 e. The molecule has 2 atom stereocenters. The molecule has 2 heterocycles. The number of carbonyl (C=O) groups excluding carboxylic acids is 3. The summed E-state index contributed by atoms with van der Waals surface area (Å²) in [7, 11) is 1.72. The van der Waals surface area contributed by atoms with Gasteiger partial charge in [-0.1, -0.05) is 0 Å². The molecule has 146 valence electrons. The van der Waals surface area contributed by atoms with Crippen LogP contribution >= 0.6 is 0 Å². The Morgan fingerprint density at radius 2 is 2.04 bits per heavy atom. The molecule has 3 rings (SSSR count). The van der Waals surface area contributed by atoms with Crippen molar-refractivity contribution in [3.8, 4) is 0 Å². The van der Waals surface area contributed by atoms with Crippen LogP contribution in [0.4, 0.5) is 5.69 Å². The van der Waals surface area contributed by atoms with E-state index < -0.39 is 29.7 Å². The maximum atomic E-state index is 12.8. The van der Waals surface area contributed by atoms with Gasteiger partial charge < -0.3 is 24.4 Å². The van der Waals surface area contributed by atoms with Crippen molar-refractivity contribution in [2.24, 2.45) is 0 Å². The molecule has 2 aliphatic rings. The first kappa shape index (κ1) is 19.3. The van der Waals surface area contributed by atoms with E-state index in [1.165, 1.54) is 4.90 Å². The number of rotatable bonds is 3. The Hall–Kier alpha value is -2.45. The van der Waals surface area contributed by atoms with E-state index in [0.717, 1.165) is 5.56 Å². The maximum absolute atomic E-state index is 12.8. The van der Waals surface area contributed by atoms with Crippen LogP contribution in [0.3, 0.4) is 0 Å². The number of hydrogen-bond donors (Lipinski definition) is 1. The van der Waals surface area contributed by atoms with Crippen LogP contribution in [0, 0.1) is 0 Å². The number of fused-ring (bicyclic) bond motifs is 1. The van der Waals surface area contributed by atoms with Gasteiger partial charge in [0.05, 0.1) is 6.61 Å². The summed E-state index contributed by atoms with van der Waals surface area (Å²) >= 11 is 0. The van der Waals surface area contributed by atoms with Crippen molar-refractivity contribution in [3.63, 3.8) is 0 Å². The van der Waals surface area contributed by atoms with Gasteiger partial charge in [-0.2, -0.15) is 0 Å². The van der Waals surface area contributed by atoms with E-state index in [-0.39, 0.29) is 12.5 Å². The third kappa shape index (κ3) is 3.81. The molecule has 0 saturated carbocycles. The molecular formula is C19H24N2O6. The van der Waals surface area contributed by atoms with Gasteiger partial charge >= 0.3 is 5.97 Å². The number of nitrogens with zero attached hydrogens (tertiary/aromatic N) is 2. The summed E-state index contributed by atoms with van der Waals surface area (Å²) in [5.74, 6) is -1.47. The van der Waals surface area contributed by atoms with Crippen molar-refractivity contribution in [2.75, 3.05) is 25.1 Å². The molecule has 0 spiro atoms. The molecule has 0 aliphatic carbocycles. The van der Waals surface area contributed by atoms with Gasteiger partial charge in [-0.25, -0.2) is 4.79 Å². The molecule has 2 amide bonds. The molecule has 8 nitrogen and oxygen atoms in total. The molecule has 1 saturated heterocycles. The lowest BCUT2D eigenvalue weighted by Crippen LogP contribution is -2.55. The molecule has 0 bridgehead atoms. The van der Waals surface area contributed by atoms with Crippen molar-refractivity contribution in [1.29, 1.82) is 0 Å². The number of hydrogen-bond acceptors (Lipinski definition) is 6. The van der Waals surface area contributed by atoms with Gasteiger partial charge in [-0.15, -0.1) is 0 Å². The van der Waals surface area contributed by atoms with E-state index in [2.05, 4.69) is 0 Å². The first-order chi connectivity index (χ1) is 12.6. The Kier molecular flexibility index (Phi) is 4.96. The summed E-state index contributed by atoms with van der Waals surface area (Å²) in [6, 6.07) is 5.17. The first-order valence-electron chi connectivity index (χ1n) is 8.81. The second kappa shape index (κ2) is 6.94. The van der Waals surface area contributed by atoms with E-state index >= 15 is 0 Å². The number of ether oxygens (including phenoxy) is 2. The quantitative estimate of drug-likeness (QED) is 0.781. The second-order valence-corrected chi connectivity index (χ2v) is 7.76. The van der Waals surface area contributed by atoms with Crippen molar-refractivity contribution in [3.05, 3.63) is 29.3 Å². The predicted octanol–water partition coefficient (Wildman–Crippen LogP) is 0.707. The Morgan fingerprint density at radius 1 is 1.33 bits per heavy atom. The van der Waals surface area contributed by atoms with Crippen LogP contribution in [0.15, 0.2) is 18.2 Å². The van der Waals surface area contributed by atoms with Crippen LogP contribution in [0.25, 0.3) is 0 Å². The third-order valence-corrected chi connectivity index (χ3v) is 4.44. The fourth-order valence-electron chi connectivity index (χ4n) is 3.19. The van der Waals surface area contributed by atoms with Crippen LogP contribution in [-0.4, -0.2) is 65.8 Å². The highest BCUT2D eigenvalue weighted by Gasteiger charge is 2.41. The fourth-order valence-corrected chi connectivity index (χ4v) is 3.19. The number of amides is 2. The molecule has 1 N–H and O–H groups in total. The number of benzene rings is 1. The van der Waals surface area contributed by atoms with Crippen LogP contribution in [-0.2, 0) is 25.6 Å². The molecule has 1 aromatic rings. The Balaban J connectivity index is 1.79. The highest BCUT2D eigenvalue weighted by Crippen LogP contribution is 2.28. The van der Waals surface area contributed by atoms with Gasteiger partial charge in [-0.3, -0.25) is 9.59 Å². The molecule has 2 aliphatic heterocycles. The highest BCUT2D eigenvalue weighted by molar-refractivity contribution is 6.02. The van der Waals surface area contributed by atoms with E-state index in [4.69, 9.17) is 9.47 Å². The number of esters is 1. The van der Waals surface area contributed by atoms with Crippen LogP contribution in [0.1, 0.15) is 36.7 Å². The summed E-state index contributed by atoms with van der Waals surface area (Å²) in [4.78, 5) is 40.0. The van der Waals surface area contributed by atoms with E-state index in [9.17, 15) is 19.5 Å². The molecule has 8 heteroatoms. The average molecular weight is 376 g/mol. The monoisotopic (exact) mass is 376 g/mol. The number of carbonyl (C=O) groups is 3. The maximum Gasteiger partial charge on any atom is 0.338 e. The van der Waals surface area contributed by atoms with Gasteiger partial charge in [0.25, 0.3) is 11.8 Å². The number of morpholine rings is 1. The van der Waals surface area contributed by atoms with Gasteiger partial charge in [0.1, 0.15) is 5.60 Å². The van der Waals surface area contributed by atoms with E-state index in [1.54, 1.807) is 50.9 Å². The Labute approximate surface area is 157 Å². The second-order valence-electron chi connectivity index (χ2n) is 7.76. The van der Waals surface area contributed by atoms with Crippen molar-refractivity contribution in [1.82, 2.24) is 4.90 Å². The topological polar surface area (TPSA) is 96.4 Å². The minimum atomic E-state index is -1.71. The lowest BCUT2D eigenvalue weighted by molar-refractivity contribution is -0.177. The fraction of sp³-hybridized carbons (Fsp3) is 0.526. The highest BCUT2D eigenvalue weighted by atomic mass is 16.6. The summed E-state index contributed by atoms with van der Waals surface area (Å²) < 4.78 is 10.5. The summed E-state index contributed by atoms with van der Waals surface area (Å²) in [6.45, 7) is 5.97. The van der Waals surface area contributed by atoms with Crippen LogP contribution in [0.5, 0.6) is 0 Å². The normalized spacial score (nSPS) is 21.3. The molecule has 1 aromatic carbocycles. The summed E-state index contributed by atoms with van der Waals surface area (Å²) in [5, 5.41) is 10.3. The summed E-state index contributed by atoms with van der Waals surface area (Å²) in [5.41, 5.74) is 1.27. The van der Waals surface area contributed by atoms with Gasteiger partial charge in [0.15, 0.2) is 12.2 Å². The zero-order valence-electron chi connectivity index (χ0n) is 15.9. The predicted molar refractivity (Wildman–Crippen MR) is 96.2 cm³/mol. The molecular weight excluding hydrogens is 352 g/mol. The standard InChI is InChI=1S/C19H24N2O6/c1-19(2,3)27-18(25)14(22)15-17(24)21(7-8-26-15)12-5-6-13-11(9-12)10-20(4)16(13)23/h5-6,9,14-15,22H,7-8,10H2,1-4H3. The Morgan fingerprint density at radius 3 is 2.70 bits per heavy atom. The van der Waals surface area contributed by atoms with Crippen molar-refractivity contribution >= 4 is 23.5 Å². The van der Waals surface area contributed by atoms with Crippen molar-refractivity contribution in [2.45, 2.75) is 45.1 Å². The number of aliphatic hydroxyl groups is 1. The lowest BCUT2D eigenvalue weighted by atomic mass is 10.1. The number of aliphatic hydroxyl groups excluding tert-OH is 1. The first-order valence-corrected chi connectivity index (χ1v) is 8.81. The third-order valence-electron chi connectivity index (χ3n) is 4.44. The largest absolute Gasteiger partial charge is 0.458 e. The lowest BCUT2D eigenvalue weighted by Gasteiger charge is -2.34. The average Bonchev–Trinajstić information content (AvgIpc) is 2.87. The van der Waals surface area contributed by atoms with E-state index in [0.29, 0.717) is 24.3 Å². The van der Waals surface area contributed by atoms with Crippen molar-refractivity contribution < 1.29 is 29.0 Å². The van der Waals surface area contributed by atoms with E-state index in [1.807, 2.05) is 0 Å². The summed E-state index contributed by atoms with van der Waals surface area (Å²) in [6.07, 6.45) is -3.03. The zero-order valence-corrected chi connectivity index (χ0v) is 15.9. The molecule has 2 unspecified atom stereocenters. The molecule has 0 aromatic heterocycles. The van der Waals surface area contributed by atoms with Gasteiger partial charge in [-0.05, 0) is 44.5 Å². The molecule has 27 heavy (non-hydrogen) atoms. The van der Waals surface area contributed by atoms with Gasteiger partial charge in [0.2, 0.25) is 0 Å². The minimum Gasteiger partial charge on any atom is -0.458 e. The minimum absolute atomic E-state index is 0.0527. The zero-order chi connectivity index (χ0) is 19.9.